The number of amides is 1. The van der Waals surface area contributed by atoms with Crippen LogP contribution in [0.5, 0.6) is 5.75 Å². The first-order valence-corrected chi connectivity index (χ1v) is 7.33. The molecule has 0 bridgehead atoms. The summed E-state index contributed by atoms with van der Waals surface area (Å²) < 4.78 is 7.16. The number of ether oxygens (including phenoxy) is 1. The normalized spacial score (nSPS) is 10.4. The first kappa shape index (κ1) is 15.6. The molecule has 0 aliphatic heterocycles. The van der Waals surface area contributed by atoms with Gasteiger partial charge in [-0.15, -0.1) is 5.10 Å². The van der Waals surface area contributed by atoms with Crippen molar-refractivity contribution in [2.75, 3.05) is 0 Å². The Hall–Kier alpha value is -3.29. The summed E-state index contributed by atoms with van der Waals surface area (Å²) >= 11 is 0. The van der Waals surface area contributed by atoms with Gasteiger partial charge in [0.05, 0.1) is 0 Å². The molecule has 8 nitrogen and oxygen atoms in total. The summed E-state index contributed by atoms with van der Waals surface area (Å²) in [5, 5.41) is 14.0. The minimum atomic E-state index is -0.176. The topological polar surface area (TPSA) is 94.8 Å². The quantitative estimate of drug-likeness (QED) is 0.730. The fourth-order valence-corrected chi connectivity index (χ4v) is 2.03. The molecule has 0 spiro atoms. The van der Waals surface area contributed by atoms with Crippen molar-refractivity contribution in [2.24, 2.45) is 7.05 Å². The van der Waals surface area contributed by atoms with Crippen LogP contribution in [0.3, 0.4) is 0 Å². The van der Waals surface area contributed by atoms with Gasteiger partial charge in [0.15, 0.2) is 5.82 Å². The molecule has 1 aromatic carbocycles. The number of carbonyl (C=O) groups excluding carboxylic acids is 1. The van der Waals surface area contributed by atoms with Gasteiger partial charge in [-0.2, -0.15) is 0 Å². The second-order valence-corrected chi connectivity index (χ2v) is 5.08. The molecule has 2 heterocycles. The highest BCUT2D eigenvalue weighted by Crippen LogP contribution is 2.14. The number of aromatic nitrogens is 5. The Morgan fingerprint density at radius 2 is 2.21 bits per heavy atom. The van der Waals surface area contributed by atoms with Crippen molar-refractivity contribution in [1.29, 1.82) is 0 Å². The predicted molar refractivity (Wildman–Crippen MR) is 85.0 cm³/mol. The lowest BCUT2D eigenvalue weighted by Gasteiger charge is -2.08. The Morgan fingerprint density at radius 1 is 1.29 bits per heavy atom. The summed E-state index contributed by atoms with van der Waals surface area (Å²) in [5.41, 5.74) is 1.46. The first-order chi connectivity index (χ1) is 11.7. The Bertz CT molecular complexity index is 818. The average molecular weight is 324 g/mol. The van der Waals surface area contributed by atoms with Crippen LogP contribution in [0.25, 0.3) is 0 Å². The Morgan fingerprint density at radius 3 is 2.96 bits per heavy atom. The predicted octanol–water partition coefficient (Wildman–Crippen LogP) is 1.11. The number of tetrazole rings is 1. The number of hydrogen-bond donors (Lipinski definition) is 1. The standard InChI is InChI=1S/C16H16N6O2/c1-22-15(19-20-21-22)11-24-14-6-2-5-13(8-14)16(23)18-10-12-4-3-7-17-9-12/h2-9H,10-11H2,1H3,(H,18,23). The van der Waals surface area contributed by atoms with Gasteiger partial charge >= 0.3 is 0 Å². The van der Waals surface area contributed by atoms with Crippen molar-refractivity contribution in [2.45, 2.75) is 13.2 Å². The van der Waals surface area contributed by atoms with E-state index < -0.39 is 0 Å². The van der Waals surface area contributed by atoms with E-state index in [2.05, 4.69) is 25.8 Å². The van der Waals surface area contributed by atoms with Gasteiger partial charge in [0, 0.05) is 31.5 Å². The lowest BCUT2D eigenvalue weighted by atomic mass is 10.2. The molecule has 0 saturated heterocycles. The molecule has 0 fully saturated rings. The van der Waals surface area contributed by atoms with Gasteiger partial charge in [-0.05, 0) is 40.3 Å². The molecule has 1 amide bonds. The van der Waals surface area contributed by atoms with Crippen LogP contribution in [0.1, 0.15) is 21.7 Å². The maximum atomic E-state index is 12.2. The van der Waals surface area contributed by atoms with Crippen LogP contribution in [-0.4, -0.2) is 31.1 Å². The van der Waals surface area contributed by atoms with E-state index in [9.17, 15) is 4.79 Å². The van der Waals surface area contributed by atoms with Crippen molar-refractivity contribution < 1.29 is 9.53 Å². The molecular weight excluding hydrogens is 308 g/mol. The van der Waals surface area contributed by atoms with Gasteiger partial charge in [0.1, 0.15) is 12.4 Å². The maximum absolute atomic E-state index is 12.2. The van der Waals surface area contributed by atoms with E-state index >= 15 is 0 Å². The molecule has 0 aliphatic rings. The van der Waals surface area contributed by atoms with E-state index in [-0.39, 0.29) is 12.5 Å². The van der Waals surface area contributed by atoms with E-state index in [0.717, 1.165) is 5.56 Å². The molecule has 0 unspecified atom stereocenters. The summed E-state index contributed by atoms with van der Waals surface area (Å²) in [6.45, 7) is 0.645. The van der Waals surface area contributed by atoms with Crippen LogP contribution in [0, 0.1) is 0 Å². The van der Waals surface area contributed by atoms with E-state index in [4.69, 9.17) is 4.74 Å². The van der Waals surface area contributed by atoms with Crippen LogP contribution >= 0.6 is 0 Å². The minimum Gasteiger partial charge on any atom is -0.486 e. The summed E-state index contributed by atoms with van der Waals surface area (Å²) in [4.78, 5) is 16.2. The van der Waals surface area contributed by atoms with Gasteiger partial charge < -0.3 is 10.1 Å². The van der Waals surface area contributed by atoms with Gasteiger partial charge in [-0.25, -0.2) is 4.68 Å². The minimum absolute atomic E-state index is 0.176. The molecule has 0 saturated carbocycles. The molecule has 1 N–H and O–H groups in total. The number of aryl methyl sites for hydroxylation is 1. The van der Waals surface area contributed by atoms with Gasteiger partial charge in [0.2, 0.25) is 0 Å². The van der Waals surface area contributed by atoms with E-state index in [1.807, 2.05) is 12.1 Å². The Labute approximate surface area is 138 Å². The second-order valence-electron chi connectivity index (χ2n) is 5.08. The molecule has 3 aromatic rings. The van der Waals surface area contributed by atoms with Crippen LogP contribution in [0.4, 0.5) is 0 Å². The highest BCUT2D eigenvalue weighted by molar-refractivity contribution is 5.94. The van der Waals surface area contributed by atoms with Crippen LogP contribution in [0.2, 0.25) is 0 Å². The van der Waals surface area contributed by atoms with Crippen LogP contribution < -0.4 is 10.1 Å². The summed E-state index contributed by atoms with van der Waals surface area (Å²) in [6, 6.07) is 10.7. The molecular formula is C16H16N6O2. The molecule has 8 heteroatoms. The summed E-state index contributed by atoms with van der Waals surface area (Å²) in [5.74, 6) is 0.998. The third-order valence-corrected chi connectivity index (χ3v) is 3.35. The molecule has 122 valence electrons. The molecule has 0 aliphatic carbocycles. The van der Waals surface area contributed by atoms with Crippen molar-refractivity contribution in [3.05, 3.63) is 65.7 Å². The number of nitrogens with one attached hydrogen (secondary N) is 1. The Kier molecular flexibility index (Phi) is 4.76. The van der Waals surface area contributed by atoms with Gasteiger partial charge in [0.25, 0.3) is 5.91 Å². The highest BCUT2D eigenvalue weighted by Gasteiger charge is 2.08. The summed E-state index contributed by atoms with van der Waals surface area (Å²) in [7, 11) is 1.74. The highest BCUT2D eigenvalue weighted by atomic mass is 16.5. The smallest absolute Gasteiger partial charge is 0.251 e. The number of hydrogen-bond acceptors (Lipinski definition) is 6. The molecule has 0 atom stereocenters. The monoisotopic (exact) mass is 324 g/mol. The first-order valence-electron chi connectivity index (χ1n) is 7.33. The van der Waals surface area contributed by atoms with Crippen LogP contribution in [-0.2, 0) is 20.2 Å². The second kappa shape index (κ2) is 7.32. The summed E-state index contributed by atoms with van der Waals surface area (Å²) in [6.07, 6.45) is 3.41. The van der Waals surface area contributed by atoms with Crippen LogP contribution in [0.15, 0.2) is 48.8 Å². The lowest BCUT2D eigenvalue weighted by Crippen LogP contribution is -2.22. The van der Waals surface area contributed by atoms with Gasteiger partial charge in [-0.3, -0.25) is 9.78 Å². The Balaban J connectivity index is 1.60. The third kappa shape index (κ3) is 3.92. The number of benzene rings is 1. The zero-order valence-electron chi connectivity index (χ0n) is 13.1. The number of pyridine rings is 1. The SMILES string of the molecule is Cn1nnnc1COc1cccc(C(=O)NCc2cccnc2)c1. The zero-order valence-corrected chi connectivity index (χ0v) is 13.1. The molecule has 24 heavy (non-hydrogen) atoms. The molecule has 2 aromatic heterocycles. The number of rotatable bonds is 6. The van der Waals surface area contributed by atoms with Crippen molar-refractivity contribution in [1.82, 2.24) is 30.5 Å². The van der Waals surface area contributed by atoms with Gasteiger partial charge in [-0.1, -0.05) is 12.1 Å². The fraction of sp³-hybridized carbons (Fsp3) is 0.188. The fourth-order valence-electron chi connectivity index (χ4n) is 2.03. The maximum Gasteiger partial charge on any atom is 0.251 e. The van der Waals surface area contributed by atoms with Crippen molar-refractivity contribution in [3.63, 3.8) is 0 Å². The zero-order chi connectivity index (χ0) is 16.8. The average Bonchev–Trinajstić information content (AvgIpc) is 3.04. The van der Waals surface area contributed by atoms with Crippen molar-refractivity contribution >= 4 is 5.91 Å². The lowest BCUT2D eigenvalue weighted by molar-refractivity contribution is 0.0950. The third-order valence-electron chi connectivity index (χ3n) is 3.35. The van der Waals surface area contributed by atoms with E-state index in [1.54, 1.807) is 43.7 Å². The molecule has 0 radical (unpaired) electrons. The number of carbonyl (C=O) groups is 1. The van der Waals surface area contributed by atoms with Crippen molar-refractivity contribution in [3.8, 4) is 5.75 Å². The number of nitrogens with zero attached hydrogens (tertiary/aromatic N) is 5. The van der Waals surface area contributed by atoms with E-state index in [0.29, 0.717) is 23.7 Å². The largest absolute Gasteiger partial charge is 0.486 e. The molecule has 3 rings (SSSR count). The van der Waals surface area contributed by atoms with E-state index in [1.165, 1.54) is 4.68 Å².